The van der Waals surface area contributed by atoms with Crippen LogP contribution in [0.15, 0.2) is 53.6 Å². The maximum Gasteiger partial charge on any atom is 0.148 e. The van der Waals surface area contributed by atoms with Gasteiger partial charge in [0, 0.05) is 48.5 Å². The molecule has 0 fully saturated rings. The number of azide groups is 1. The van der Waals surface area contributed by atoms with Crippen LogP contribution in [0.2, 0.25) is 0 Å². The molecule has 3 N–H and O–H groups in total. The monoisotopic (exact) mass is 524 g/mol. The van der Waals surface area contributed by atoms with Crippen molar-refractivity contribution in [2.75, 3.05) is 31.1 Å². The minimum absolute atomic E-state index is 0. The first kappa shape index (κ1) is 30.6. The lowest BCUT2D eigenvalue weighted by atomic mass is 10.0. The van der Waals surface area contributed by atoms with Crippen molar-refractivity contribution in [3.05, 3.63) is 81.2 Å². The predicted octanol–water partition coefficient (Wildman–Crippen LogP) is 2.99. The largest absolute Gasteiger partial charge is 0.400 e. The standard InChI is InChI=1S/C11H13N3O2S.C11H15NO2S.CH4O.CH4/c1-17(15,16)7-10-9-5-3-2-4-8(9)6-11(10)13-14-12;1-15(13,14)7-10-9-5-3-2-4-8(9)6-11(10)12;1-2;/h2-5,10-11H,6-7H2,1H3;2-5,10-11H,6-7,12H2,1H3;2H,1H3;1H4/t2*10-,11-;;/m11../s1. The van der Waals surface area contributed by atoms with E-state index in [1.54, 1.807) is 0 Å². The smallest absolute Gasteiger partial charge is 0.148 e. The van der Waals surface area contributed by atoms with E-state index >= 15 is 0 Å². The third-order valence-corrected chi connectivity index (χ3v) is 7.87. The molecule has 0 radical (unpaired) electrons. The van der Waals surface area contributed by atoms with E-state index in [-0.39, 0.29) is 42.9 Å². The summed E-state index contributed by atoms with van der Waals surface area (Å²) in [6, 6.07) is 15.2. The molecule has 4 rings (SSSR count). The van der Waals surface area contributed by atoms with E-state index in [4.69, 9.17) is 16.4 Å². The number of rotatable bonds is 5. The summed E-state index contributed by atoms with van der Waals surface area (Å²) in [5.74, 6) is -0.0490. The molecule has 35 heavy (non-hydrogen) atoms. The van der Waals surface area contributed by atoms with Gasteiger partial charge in [-0.05, 0) is 40.6 Å². The number of nitrogens with two attached hydrogens (primary N) is 1. The lowest BCUT2D eigenvalue weighted by Crippen LogP contribution is -2.29. The molecule has 0 amide bonds. The van der Waals surface area contributed by atoms with Crippen LogP contribution in [0.1, 0.15) is 41.5 Å². The second-order valence-electron chi connectivity index (χ2n) is 8.64. The minimum atomic E-state index is -3.08. The number of benzene rings is 2. The zero-order valence-corrected chi connectivity index (χ0v) is 21.2. The zero-order valence-electron chi connectivity index (χ0n) is 19.6. The summed E-state index contributed by atoms with van der Waals surface area (Å²) in [5, 5.41) is 10.7. The summed E-state index contributed by atoms with van der Waals surface area (Å²) >= 11 is 0. The van der Waals surface area contributed by atoms with E-state index in [2.05, 4.69) is 10.0 Å². The van der Waals surface area contributed by atoms with Crippen LogP contribution in [-0.2, 0) is 32.5 Å². The van der Waals surface area contributed by atoms with Crippen LogP contribution >= 0.6 is 0 Å². The molecule has 0 aromatic heterocycles. The van der Waals surface area contributed by atoms with Gasteiger partial charge in [-0.2, -0.15) is 0 Å². The second-order valence-corrected chi connectivity index (χ2v) is 13.0. The van der Waals surface area contributed by atoms with Crippen molar-refractivity contribution < 1.29 is 21.9 Å². The highest BCUT2D eigenvalue weighted by molar-refractivity contribution is 7.90. The van der Waals surface area contributed by atoms with Gasteiger partial charge < -0.3 is 10.8 Å². The summed E-state index contributed by atoms with van der Waals surface area (Å²) in [7, 11) is -5.05. The lowest BCUT2D eigenvalue weighted by molar-refractivity contribution is 0.399. The summed E-state index contributed by atoms with van der Waals surface area (Å²) in [6.45, 7) is 0. The Morgan fingerprint density at radius 3 is 1.80 bits per heavy atom. The fourth-order valence-electron chi connectivity index (χ4n) is 4.62. The van der Waals surface area contributed by atoms with Gasteiger partial charge in [-0.3, -0.25) is 0 Å². The Bertz CT molecular complexity index is 1240. The van der Waals surface area contributed by atoms with Crippen LogP contribution in [0.4, 0.5) is 0 Å². The van der Waals surface area contributed by atoms with Gasteiger partial charge in [-0.15, -0.1) is 0 Å². The van der Waals surface area contributed by atoms with Crippen LogP contribution in [0.3, 0.4) is 0 Å². The molecule has 2 aromatic rings. The van der Waals surface area contributed by atoms with Crippen molar-refractivity contribution in [2.45, 2.75) is 44.2 Å². The molecular weight excluding hydrogens is 488 g/mol. The fraction of sp³-hybridized carbons (Fsp3) is 0.500. The highest BCUT2D eigenvalue weighted by atomic mass is 32.2. The van der Waals surface area contributed by atoms with Crippen molar-refractivity contribution in [2.24, 2.45) is 10.8 Å². The maximum absolute atomic E-state index is 11.4. The summed E-state index contributed by atoms with van der Waals surface area (Å²) in [6.07, 6.45) is 3.89. The average molecular weight is 525 g/mol. The van der Waals surface area contributed by atoms with Crippen LogP contribution in [0.25, 0.3) is 10.4 Å². The highest BCUT2D eigenvalue weighted by Crippen LogP contribution is 2.36. The second kappa shape index (κ2) is 13.0. The average Bonchev–Trinajstić information content (AvgIpc) is 3.25. The van der Waals surface area contributed by atoms with Gasteiger partial charge in [0.2, 0.25) is 0 Å². The molecule has 11 heteroatoms. The van der Waals surface area contributed by atoms with Crippen LogP contribution < -0.4 is 5.73 Å². The summed E-state index contributed by atoms with van der Waals surface area (Å²) in [5.41, 5.74) is 18.9. The number of aliphatic hydroxyl groups excluding tert-OH is 1. The van der Waals surface area contributed by atoms with Crippen molar-refractivity contribution in [3.8, 4) is 0 Å². The van der Waals surface area contributed by atoms with Gasteiger partial charge >= 0.3 is 0 Å². The molecule has 4 atom stereocenters. The van der Waals surface area contributed by atoms with Gasteiger partial charge in [0.05, 0.1) is 11.5 Å². The number of nitrogens with zero attached hydrogens (tertiary/aromatic N) is 3. The first-order chi connectivity index (χ1) is 16.0. The molecule has 0 spiro atoms. The number of hydrogen-bond acceptors (Lipinski definition) is 7. The Hall–Kier alpha value is -2.43. The molecule has 0 saturated carbocycles. The molecule has 2 aliphatic carbocycles. The van der Waals surface area contributed by atoms with E-state index in [0.29, 0.717) is 6.42 Å². The van der Waals surface area contributed by atoms with Crippen LogP contribution in [0, 0.1) is 0 Å². The topological polar surface area (TPSA) is 163 Å². The van der Waals surface area contributed by atoms with E-state index < -0.39 is 19.7 Å². The molecule has 0 bridgehead atoms. The SMILES string of the molecule is C.CO.CS(=O)(=O)C[C@@H]1c2ccccc2C[C@H]1N.CS(=O)(=O)C[C@@H]1c2ccccc2C[C@H]1N=[N+]=[N-]. The molecule has 0 aliphatic heterocycles. The van der Waals surface area contributed by atoms with Crippen molar-refractivity contribution in [1.82, 2.24) is 0 Å². The van der Waals surface area contributed by atoms with Gasteiger partial charge in [0.25, 0.3) is 0 Å². The Kier molecular flexibility index (Phi) is 11.4. The molecule has 194 valence electrons. The van der Waals surface area contributed by atoms with Crippen molar-refractivity contribution in [1.29, 1.82) is 0 Å². The Morgan fingerprint density at radius 2 is 1.31 bits per heavy atom. The summed E-state index contributed by atoms with van der Waals surface area (Å²) < 4.78 is 45.4. The van der Waals surface area contributed by atoms with Gasteiger partial charge in [0.1, 0.15) is 19.7 Å². The van der Waals surface area contributed by atoms with E-state index in [1.165, 1.54) is 18.1 Å². The number of aliphatic hydroxyl groups is 1. The maximum atomic E-state index is 11.4. The van der Waals surface area contributed by atoms with Crippen molar-refractivity contribution >= 4 is 19.7 Å². The fourth-order valence-corrected chi connectivity index (χ4v) is 6.75. The molecule has 2 aromatic carbocycles. The molecule has 0 saturated heterocycles. The predicted molar refractivity (Wildman–Crippen MR) is 141 cm³/mol. The minimum Gasteiger partial charge on any atom is -0.400 e. The summed E-state index contributed by atoms with van der Waals surface area (Å²) in [4.78, 5) is 2.81. The third kappa shape index (κ3) is 8.63. The van der Waals surface area contributed by atoms with Gasteiger partial charge in [-0.25, -0.2) is 16.8 Å². The van der Waals surface area contributed by atoms with Gasteiger partial charge in [0.15, 0.2) is 0 Å². The van der Waals surface area contributed by atoms with Gasteiger partial charge in [-0.1, -0.05) is 61.1 Å². The van der Waals surface area contributed by atoms with E-state index in [9.17, 15) is 16.8 Å². The molecule has 9 nitrogen and oxygen atoms in total. The van der Waals surface area contributed by atoms with Crippen LogP contribution in [0.5, 0.6) is 0 Å². The Morgan fingerprint density at radius 1 is 0.886 bits per heavy atom. The normalized spacial score (nSPS) is 22.1. The molecular formula is C24H36N4O5S2. The number of fused-ring (bicyclic) bond motifs is 2. The Labute approximate surface area is 208 Å². The molecule has 0 unspecified atom stereocenters. The number of sulfone groups is 2. The van der Waals surface area contributed by atoms with E-state index in [0.717, 1.165) is 30.2 Å². The quantitative estimate of drug-likeness (QED) is 0.347. The first-order valence-electron chi connectivity index (χ1n) is 10.7. The molecule has 2 aliphatic rings. The lowest BCUT2D eigenvalue weighted by Gasteiger charge is -2.15. The molecule has 0 heterocycles. The Balaban J connectivity index is 0.000000320. The highest BCUT2D eigenvalue weighted by Gasteiger charge is 2.34. The first-order valence-corrected chi connectivity index (χ1v) is 14.9. The third-order valence-electron chi connectivity index (χ3n) is 5.94. The van der Waals surface area contributed by atoms with E-state index in [1.807, 2.05) is 48.5 Å². The number of hydrogen-bond donors (Lipinski definition) is 2. The van der Waals surface area contributed by atoms with Crippen molar-refractivity contribution in [3.63, 3.8) is 0 Å². The van der Waals surface area contributed by atoms with Crippen LogP contribution in [-0.4, -0.2) is 65.2 Å². The zero-order chi connectivity index (χ0) is 25.5.